The number of phenols is 1. The van der Waals surface area contributed by atoms with E-state index < -0.39 is 11.6 Å². The van der Waals surface area contributed by atoms with Crippen molar-refractivity contribution >= 4 is 11.6 Å². The van der Waals surface area contributed by atoms with Gasteiger partial charge >= 0.3 is 0 Å². The van der Waals surface area contributed by atoms with Gasteiger partial charge in [0.25, 0.3) is 0 Å². The minimum atomic E-state index is -0.520. The van der Waals surface area contributed by atoms with Crippen LogP contribution < -0.4 is 4.74 Å². The van der Waals surface area contributed by atoms with Crippen LogP contribution >= 0.6 is 0 Å². The number of ether oxygens (including phenoxy) is 1. The van der Waals surface area contributed by atoms with Crippen molar-refractivity contribution in [3.63, 3.8) is 0 Å². The van der Waals surface area contributed by atoms with Gasteiger partial charge < -0.3 is 9.84 Å². The summed E-state index contributed by atoms with van der Waals surface area (Å²) < 4.78 is 9.62. The van der Waals surface area contributed by atoms with Gasteiger partial charge in [-0.3, -0.25) is 9.59 Å². The molecule has 0 atom stereocenters. The minimum absolute atomic E-state index is 0.0272. The van der Waals surface area contributed by atoms with Crippen LogP contribution in [-0.4, -0.2) is 34.1 Å². The van der Waals surface area contributed by atoms with E-state index in [-0.39, 0.29) is 22.7 Å². The number of hydrogen-bond donors (Lipinski definition) is 1. The summed E-state index contributed by atoms with van der Waals surface area (Å²) in [5.74, 6) is -0.376. The second kappa shape index (κ2) is 6.33. The summed E-state index contributed by atoms with van der Waals surface area (Å²) in [5, 5.41) is 16.4. The Kier molecular flexibility index (Phi) is 4.07. The van der Waals surface area contributed by atoms with Crippen LogP contribution in [0.15, 0.2) is 53.2 Å². The van der Waals surface area contributed by atoms with E-state index in [2.05, 4.69) is 14.9 Å². The van der Waals surface area contributed by atoms with Gasteiger partial charge in [0.15, 0.2) is 11.4 Å². The Balaban J connectivity index is 1.93. The Bertz CT molecular complexity index is 882. The number of rotatable bonds is 5. The summed E-state index contributed by atoms with van der Waals surface area (Å²) in [6.45, 7) is 0. The van der Waals surface area contributed by atoms with E-state index in [1.54, 1.807) is 24.3 Å². The number of nitrogens with zero attached hydrogens (tertiary/aromatic N) is 2. The molecule has 0 bridgehead atoms. The van der Waals surface area contributed by atoms with E-state index in [1.165, 1.54) is 31.4 Å². The second-order valence-electron chi connectivity index (χ2n) is 4.90. The van der Waals surface area contributed by atoms with E-state index in [0.29, 0.717) is 11.3 Å². The number of benzene rings is 2. The van der Waals surface area contributed by atoms with Crippen LogP contribution in [-0.2, 0) is 0 Å². The third kappa shape index (κ3) is 2.87. The van der Waals surface area contributed by atoms with Gasteiger partial charge in [-0.1, -0.05) is 0 Å². The molecule has 3 rings (SSSR count). The van der Waals surface area contributed by atoms with Crippen molar-refractivity contribution in [1.29, 1.82) is 0 Å². The molecule has 0 amide bonds. The summed E-state index contributed by atoms with van der Waals surface area (Å²) in [7, 11) is 1.52. The Hall–Kier alpha value is -3.48. The van der Waals surface area contributed by atoms with Crippen molar-refractivity contribution in [2.45, 2.75) is 0 Å². The summed E-state index contributed by atoms with van der Waals surface area (Å²) in [4.78, 5) is 25.0. The molecule has 1 heterocycles. The first-order valence-electron chi connectivity index (χ1n) is 6.95. The fourth-order valence-corrected chi connectivity index (χ4v) is 2.12. The van der Waals surface area contributed by atoms with Gasteiger partial charge in [-0.05, 0) is 58.8 Å². The van der Waals surface area contributed by atoms with Crippen LogP contribution in [0.5, 0.6) is 11.5 Å². The topological polar surface area (TPSA) is 103 Å². The number of aromatic nitrogens is 2. The largest absolute Gasteiger partial charge is 0.508 e. The molecule has 1 aromatic heterocycles. The maximum Gasteiger partial charge on any atom is 0.217 e. The molecular formula is C17H12N2O5. The highest BCUT2D eigenvalue weighted by atomic mass is 16.6. The number of hydrogen-bond acceptors (Lipinski definition) is 7. The van der Waals surface area contributed by atoms with E-state index in [0.717, 1.165) is 0 Å². The van der Waals surface area contributed by atoms with E-state index >= 15 is 0 Å². The monoisotopic (exact) mass is 324 g/mol. The van der Waals surface area contributed by atoms with Gasteiger partial charge in [0.2, 0.25) is 11.6 Å². The van der Waals surface area contributed by atoms with Crippen molar-refractivity contribution in [2.75, 3.05) is 7.11 Å². The molecule has 0 saturated heterocycles. The van der Waals surface area contributed by atoms with Gasteiger partial charge in [-0.25, -0.2) is 4.63 Å². The van der Waals surface area contributed by atoms with E-state index in [1.807, 2.05) is 0 Å². The van der Waals surface area contributed by atoms with Gasteiger partial charge in [0, 0.05) is 11.1 Å². The summed E-state index contributed by atoms with van der Waals surface area (Å²) in [6, 6.07) is 12.0. The van der Waals surface area contributed by atoms with Gasteiger partial charge in [-0.15, -0.1) is 0 Å². The highest BCUT2D eigenvalue weighted by Crippen LogP contribution is 2.19. The van der Waals surface area contributed by atoms with Crippen LogP contribution in [0, 0.1) is 0 Å². The standard InChI is InChI=1S/C17H12N2O5/c1-23-13-8-4-11(5-9-13)17(22)15-14(18-24-19-15)16(21)10-2-6-12(20)7-3-10/h2-9,20H,1H3. The lowest BCUT2D eigenvalue weighted by Crippen LogP contribution is -2.11. The number of carbonyl (C=O) groups is 2. The quantitative estimate of drug-likeness (QED) is 0.718. The number of aromatic hydroxyl groups is 1. The molecule has 0 radical (unpaired) electrons. The van der Waals surface area contributed by atoms with Crippen LogP contribution in [0.4, 0.5) is 0 Å². The van der Waals surface area contributed by atoms with Crippen molar-refractivity contribution in [1.82, 2.24) is 10.3 Å². The molecule has 1 N–H and O–H groups in total. The molecule has 120 valence electrons. The van der Waals surface area contributed by atoms with Crippen LogP contribution in [0.2, 0.25) is 0 Å². The normalized spacial score (nSPS) is 10.4. The number of carbonyl (C=O) groups excluding carboxylic acids is 2. The maximum atomic E-state index is 12.5. The zero-order valence-corrected chi connectivity index (χ0v) is 12.6. The highest BCUT2D eigenvalue weighted by molar-refractivity contribution is 6.17. The smallest absolute Gasteiger partial charge is 0.217 e. The highest BCUT2D eigenvalue weighted by Gasteiger charge is 2.26. The lowest BCUT2D eigenvalue weighted by atomic mass is 10.0. The lowest BCUT2D eigenvalue weighted by molar-refractivity contribution is 0.0998. The summed E-state index contributed by atoms with van der Waals surface area (Å²) >= 11 is 0. The van der Waals surface area contributed by atoms with Gasteiger partial charge in [0.05, 0.1) is 7.11 Å². The van der Waals surface area contributed by atoms with Crippen molar-refractivity contribution in [3.05, 3.63) is 71.0 Å². The SMILES string of the molecule is COc1ccc(C(=O)c2nonc2C(=O)c2ccc(O)cc2)cc1. The van der Waals surface area contributed by atoms with Crippen molar-refractivity contribution in [2.24, 2.45) is 0 Å². The maximum absolute atomic E-state index is 12.5. The number of ketones is 2. The molecular weight excluding hydrogens is 312 g/mol. The molecule has 0 spiro atoms. The van der Waals surface area contributed by atoms with Crippen LogP contribution in [0.1, 0.15) is 32.1 Å². The Morgan fingerprint density at radius 1 is 0.875 bits per heavy atom. The fraction of sp³-hybridized carbons (Fsp3) is 0.0588. The van der Waals surface area contributed by atoms with Crippen molar-refractivity contribution < 1.29 is 24.1 Å². The second-order valence-corrected chi connectivity index (χ2v) is 4.90. The lowest BCUT2D eigenvalue weighted by Gasteiger charge is -2.02. The zero-order chi connectivity index (χ0) is 17.1. The molecule has 0 saturated carbocycles. The average molecular weight is 324 g/mol. The Labute approximate surface area is 136 Å². The first-order valence-corrected chi connectivity index (χ1v) is 6.95. The predicted octanol–water partition coefficient (Wildman–Crippen LogP) is 2.25. The first kappa shape index (κ1) is 15.4. The molecule has 0 aliphatic carbocycles. The van der Waals surface area contributed by atoms with E-state index in [9.17, 15) is 14.7 Å². The Morgan fingerprint density at radius 2 is 1.33 bits per heavy atom. The molecule has 7 nitrogen and oxygen atoms in total. The van der Waals surface area contributed by atoms with Crippen LogP contribution in [0.3, 0.4) is 0 Å². The number of phenolic OH excluding ortho intramolecular Hbond substituents is 1. The molecule has 0 aliphatic rings. The molecule has 24 heavy (non-hydrogen) atoms. The molecule has 0 aliphatic heterocycles. The predicted molar refractivity (Wildman–Crippen MR) is 82.3 cm³/mol. The van der Waals surface area contributed by atoms with E-state index in [4.69, 9.17) is 4.74 Å². The minimum Gasteiger partial charge on any atom is -0.508 e. The Morgan fingerprint density at radius 3 is 1.79 bits per heavy atom. The zero-order valence-electron chi connectivity index (χ0n) is 12.6. The third-order valence-corrected chi connectivity index (χ3v) is 3.40. The molecule has 0 fully saturated rings. The number of methoxy groups -OCH3 is 1. The molecule has 0 unspecified atom stereocenters. The third-order valence-electron chi connectivity index (χ3n) is 3.40. The van der Waals surface area contributed by atoms with Crippen LogP contribution in [0.25, 0.3) is 0 Å². The molecule has 3 aromatic rings. The van der Waals surface area contributed by atoms with Crippen molar-refractivity contribution in [3.8, 4) is 11.5 Å². The van der Waals surface area contributed by atoms with Gasteiger partial charge in [0.1, 0.15) is 11.5 Å². The molecule has 2 aromatic carbocycles. The fourth-order valence-electron chi connectivity index (χ4n) is 2.12. The summed E-state index contributed by atoms with van der Waals surface area (Å²) in [6.07, 6.45) is 0. The summed E-state index contributed by atoms with van der Waals surface area (Å²) in [5.41, 5.74) is 0.235. The first-order chi connectivity index (χ1) is 11.6. The van der Waals surface area contributed by atoms with Gasteiger partial charge in [-0.2, -0.15) is 0 Å². The average Bonchev–Trinajstić information content (AvgIpc) is 3.11. The molecule has 7 heteroatoms.